The standard InChI is InChI=1S/C7H7N3O/c1-10-4-8-7-6(10)2-5(3-11)9-7/h2-4,9H,1H3. The van der Waals surface area contributed by atoms with E-state index >= 15 is 0 Å². The van der Waals surface area contributed by atoms with Gasteiger partial charge in [-0.25, -0.2) is 4.98 Å². The Morgan fingerprint density at radius 1 is 1.73 bits per heavy atom. The van der Waals surface area contributed by atoms with Crippen molar-refractivity contribution in [3.8, 4) is 0 Å². The predicted molar refractivity (Wildman–Crippen MR) is 40.5 cm³/mol. The molecule has 2 rings (SSSR count). The molecule has 0 fully saturated rings. The first-order valence-electron chi connectivity index (χ1n) is 3.26. The number of aldehydes is 1. The molecule has 0 aliphatic heterocycles. The SMILES string of the molecule is Cn1cnc2[nH]c(C=O)cc21. The summed E-state index contributed by atoms with van der Waals surface area (Å²) in [5.41, 5.74) is 2.28. The first kappa shape index (κ1) is 6.15. The summed E-state index contributed by atoms with van der Waals surface area (Å²) < 4.78 is 1.86. The number of hydrogen-bond donors (Lipinski definition) is 1. The Morgan fingerprint density at radius 2 is 2.55 bits per heavy atom. The molecular weight excluding hydrogens is 142 g/mol. The zero-order valence-corrected chi connectivity index (χ0v) is 6.03. The van der Waals surface area contributed by atoms with Gasteiger partial charge in [-0.2, -0.15) is 0 Å². The van der Waals surface area contributed by atoms with Crippen molar-refractivity contribution < 1.29 is 4.79 Å². The third-order valence-corrected chi connectivity index (χ3v) is 1.66. The number of aromatic nitrogens is 3. The fourth-order valence-electron chi connectivity index (χ4n) is 1.09. The van der Waals surface area contributed by atoms with Crippen LogP contribution in [0, 0.1) is 0 Å². The molecule has 0 bridgehead atoms. The van der Waals surface area contributed by atoms with Crippen LogP contribution in [0.3, 0.4) is 0 Å². The van der Waals surface area contributed by atoms with Gasteiger partial charge in [0, 0.05) is 7.05 Å². The van der Waals surface area contributed by atoms with E-state index in [1.807, 2.05) is 11.6 Å². The molecule has 0 spiro atoms. The van der Waals surface area contributed by atoms with Crippen molar-refractivity contribution in [2.45, 2.75) is 0 Å². The number of nitrogens with one attached hydrogen (secondary N) is 1. The van der Waals surface area contributed by atoms with Crippen LogP contribution < -0.4 is 0 Å². The number of carbonyl (C=O) groups excluding carboxylic acids is 1. The topological polar surface area (TPSA) is 50.7 Å². The minimum atomic E-state index is 0.568. The Hall–Kier alpha value is -1.58. The largest absolute Gasteiger partial charge is 0.336 e. The number of carbonyl (C=O) groups is 1. The van der Waals surface area contributed by atoms with Crippen LogP contribution in [0.25, 0.3) is 11.2 Å². The van der Waals surface area contributed by atoms with Crippen LogP contribution in [0.15, 0.2) is 12.4 Å². The highest BCUT2D eigenvalue weighted by molar-refractivity contribution is 5.83. The molecule has 2 heterocycles. The van der Waals surface area contributed by atoms with E-state index in [1.54, 1.807) is 12.4 Å². The molecule has 0 saturated heterocycles. The van der Waals surface area contributed by atoms with Crippen LogP contribution in [0.2, 0.25) is 0 Å². The Labute approximate surface area is 62.9 Å². The van der Waals surface area contributed by atoms with Gasteiger partial charge < -0.3 is 9.55 Å². The van der Waals surface area contributed by atoms with Gasteiger partial charge in [-0.05, 0) is 6.07 Å². The van der Waals surface area contributed by atoms with E-state index in [9.17, 15) is 4.79 Å². The van der Waals surface area contributed by atoms with Gasteiger partial charge in [-0.1, -0.05) is 0 Å². The third-order valence-electron chi connectivity index (χ3n) is 1.66. The third kappa shape index (κ3) is 0.756. The van der Waals surface area contributed by atoms with Crippen molar-refractivity contribution in [2.24, 2.45) is 7.05 Å². The zero-order chi connectivity index (χ0) is 7.84. The molecule has 0 amide bonds. The average molecular weight is 149 g/mol. The Morgan fingerprint density at radius 3 is 3.18 bits per heavy atom. The lowest BCUT2D eigenvalue weighted by Crippen LogP contribution is -1.81. The van der Waals surface area contributed by atoms with Crippen molar-refractivity contribution >= 4 is 17.5 Å². The van der Waals surface area contributed by atoms with Crippen molar-refractivity contribution in [1.82, 2.24) is 14.5 Å². The summed E-state index contributed by atoms with van der Waals surface area (Å²) in [6.07, 6.45) is 2.48. The molecule has 2 aromatic rings. The van der Waals surface area contributed by atoms with Gasteiger partial charge in [0.15, 0.2) is 11.9 Å². The van der Waals surface area contributed by atoms with E-state index in [2.05, 4.69) is 9.97 Å². The van der Waals surface area contributed by atoms with Crippen molar-refractivity contribution in [3.63, 3.8) is 0 Å². The van der Waals surface area contributed by atoms with E-state index in [0.29, 0.717) is 5.69 Å². The van der Waals surface area contributed by atoms with Crippen molar-refractivity contribution in [1.29, 1.82) is 0 Å². The molecule has 0 aliphatic carbocycles. The molecule has 0 radical (unpaired) electrons. The van der Waals surface area contributed by atoms with Crippen LogP contribution in [0.5, 0.6) is 0 Å². The van der Waals surface area contributed by atoms with Gasteiger partial charge in [0.1, 0.15) is 0 Å². The lowest BCUT2D eigenvalue weighted by atomic mass is 10.4. The van der Waals surface area contributed by atoms with Crippen LogP contribution in [0.1, 0.15) is 10.5 Å². The smallest absolute Gasteiger partial charge is 0.166 e. The molecule has 4 nitrogen and oxygen atoms in total. The molecule has 1 N–H and O–H groups in total. The number of fused-ring (bicyclic) bond motifs is 1. The van der Waals surface area contributed by atoms with Crippen LogP contribution in [0.4, 0.5) is 0 Å². The fourth-order valence-corrected chi connectivity index (χ4v) is 1.09. The van der Waals surface area contributed by atoms with Gasteiger partial charge >= 0.3 is 0 Å². The number of aryl methyl sites for hydroxylation is 1. The lowest BCUT2D eigenvalue weighted by Gasteiger charge is -1.84. The number of imidazole rings is 1. The van der Waals surface area contributed by atoms with Crippen LogP contribution in [-0.4, -0.2) is 20.8 Å². The summed E-state index contributed by atoms with van der Waals surface area (Å²) >= 11 is 0. The molecule has 0 saturated carbocycles. The fraction of sp³-hybridized carbons (Fsp3) is 0.143. The molecule has 56 valence electrons. The minimum absolute atomic E-state index is 0.568. The average Bonchev–Trinajstić information content (AvgIpc) is 2.53. The normalized spacial score (nSPS) is 10.6. The van der Waals surface area contributed by atoms with E-state index in [-0.39, 0.29) is 0 Å². The minimum Gasteiger partial charge on any atom is -0.336 e. The Kier molecular flexibility index (Phi) is 1.09. The Bertz CT molecular complexity index is 399. The van der Waals surface area contributed by atoms with Crippen molar-refractivity contribution in [2.75, 3.05) is 0 Å². The summed E-state index contributed by atoms with van der Waals surface area (Å²) in [5, 5.41) is 0. The van der Waals surface area contributed by atoms with E-state index < -0.39 is 0 Å². The highest BCUT2D eigenvalue weighted by Gasteiger charge is 2.02. The summed E-state index contributed by atoms with van der Waals surface area (Å²) in [4.78, 5) is 17.2. The van der Waals surface area contributed by atoms with Gasteiger partial charge in [0.2, 0.25) is 0 Å². The second kappa shape index (κ2) is 1.95. The summed E-state index contributed by atoms with van der Waals surface area (Å²) in [6, 6.07) is 1.77. The molecule has 0 atom stereocenters. The van der Waals surface area contributed by atoms with Crippen LogP contribution in [-0.2, 0) is 7.05 Å². The van der Waals surface area contributed by atoms with Crippen molar-refractivity contribution in [3.05, 3.63) is 18.1 Å². The molecule has 0 aliphatic rings. The second-order valence-corrected chi connectivity index (χ2v) is 2.43. The first-order chi connectivity index (χ1) is 5.31. The summed E-state index contributed by atoms with van der Waals surface area (Å²) in [5.74, 6) is 0. The van der Waals surface area contributed by atoms with Gasteiger partial charge in [0.05, 0.1) is 17.5 Å². The first-order valence-corrected chi connectivity index (χ1v) is 3.26. The monoisotopic (exact) mass is 149 g/mol. The number of aromatic amines is 1. The van der Waals surface area contributed by atoms with E-state index in [4.69, 9.17) is 0 Å². The molecular formula is C7H7N3O. The van der Waals surface area contributed by atoms with Gasteiger partial charge in [-0.3, -0.25) is 4.79 Å². The van der Waals surface area contributed by atoms with Gasteiger partial charge in [-0.15, -0.1) is 0 Å². The number of nitrogens with zero attached hydrogens (tertiary/aromatic N) is 2. The number of rotatable bonds is 1. The number of hydrogen-bond acceptors (Lipinski definition) is 2. The molecule has 0 aromatic carbocycles. The zero-order valence-electron chi connectivity index (χ0n) is 6.03. The van der Waals surface area contributed by atoms with Crippen LogP contribution >= 0.6 is 0 Å². The lowest BCUT2D eigenvalue weighted by molar-refractivity contribution is 0.111. The summed E-state index contributed by atoms with van der Waals surface area (Å²) in [6.45, 7) is 0. The van der Waals surface area contributed by atoms with E-state index in [1.165, 1.54) is 0 Å². The molecule has 4 heteroatoms. The highest BCUT2D eigenvalue weighted by Crippen LogP contribution is 2.10. The van der Waals surface area contributed by atoms with Gasteiger partial charge in [0.25, 0.3) is 0 Å². The Balaban J connectivity index is 2.79. The predicted octanol–water partition coefficient (Wildman–Crippen LogP) is 0.714. The molecule has 11 heavy (non-hydrogen) atoms. The highest BCUT2D eigenvalue weighted by atomic mass is 16.1. The molecule has 0 unspecified atom stereocenters. The maximum Gasteiger partial charge on any atom is 0.166 e. The quantitative estimate of drug-likeness (QED) is 0.607. The maximum atomic E-state index is 10.3. The molecule has 2 aromatic heterocycles. The second-order valence-electron chi connectivity index (χ2n) is 2.43. The van der Waals surface area contributed by atoms with E-state index in [0.717, 1.165) is 17.5 Å². The maximum absolute atomic E-state index is 10.3. The number of H-pyrrole nitrogens is 1. The summed E-state index contributed by atoms with van der Waals surface area (Å²) in [7, 11) is 1.89.